The summed E-state index contributed by atoms with van der Waals surface area (Å²) < 4.78 is 37.3. The first-order valence-electron chi connectivity index (χ1n) is 8.79. The number of hydrogen-bond donors (Lipinski definition) is 1. The molecule has 0 radical (unpaired) electrons. The molecule has 0 bridgehead atoms. The third-order valence-corrected chi connectivity index (χ3v) is 3.51. The summed E-state index contributed by atoms with van der Waals surface area (Å²) in [5.74, 6) is 0. The van der Waals surface area contributed by atoms with Crippen molar-refractivity contribution in [3.8, 4) is 0 Å². The Morgan fingerprint density at radius 1 is 0.920 bits per heavy atom. The van der Waals surface area contributed by atoms with Crippen LogP contribution in [-0.2, 0) is 19.1 Å². The van der Waals surface area contributed by atoms with E-state index in [9.17, 15) is 13.2 Å². The molecule has 0 unspecified atom stereocenters. The average Bonchev–Trinajstić information content (AvgIpc) is 2.55. The molecule has 138 valence electrons. The standard InChI is InChI=1S/C18H20F3N.C3H8/c1-14-4-2-5-15(12-14)6-3-11-22-13-16-7-9-17(10-8-16)18(19,20)21;1-3-2/h2,4-5,7-10,12,22H,3,6,11,13H2,1H3;3H2,1-2H3. The predicted molar refractivity (Wildman–Crippen MR) is 98.6 cm³/mol. The van der Waals surface area contributed by atoms with E-state index < -0.39 is 11.7 Å². The molecule has 25 heavy (non-hydrogen) atoms. The van der Waals surface area contributed by atoms with Gasteiger partial charge in [0.2, 0.25) is 0 Å². The third kappa shape index (κ3) is 8.73. The van der Waals surface area contributed by atoms with Crippen molar-refractivity contribution >= 4 is 0 Å². The SMILES string of the molecule is CCC.Cc1cccc(CCCNCc2ccc(C(F)(F)F)cc2)c1. The smallest absolute Gasteiger partial charge is 0.313 e. The van der Waals surface area contributed by atoms with Gasteiger partial charge < -0.3 is 5.32 Å². The summed E-state index contributed by atoms with van der Waals surface area (Å²) in [5, 5.41) is 3.26. The number of nitrogens with one attached hydrogen (secondary N) is 1. The van der Waals surface area contributed by atoms with Crippen LogP contribution in [0.2, 0.25) is 0 Å². The maximum Gasteiger partial charge on any atom is 0.416 e. The summed E-state index contributed by atoms with van der Waals surface area (Å²) in [4.78, 5) is 0. The van der Waals surface area contributed by atoms with E-state index in [1.54, 1.807) is 0 Å². The molecular formula is C21H28F3N. The Morgan fingerprint density at radius 2 is 1.56 bits per heavy atom. The van der Waals surface area contributed by atoms with E-state index in [-0.39, 0.29) is 0 Å². The molecule has 0 heterocycles. The van der Waals surface area contributed by atoms with Crippen LogP contribution in [-0.4, -0.2) is 6.54 Å². The quantitative estimate of drug-likeness (QED) is 0.615. The second-order valence-electron chi connectivity index (χ2n) is 6.17. The molecular weight excluding hydrogens is 323 g/mol. The van der Waals surface area contributed by atoms with Gasteiger partial charge in [0.15, 0.2) is 0 Å². The van der Waals surface area contributed by atoms with Gasteiger partial charge in [0.05, 0.1) is 5.56 Å². The van der Waals surface area contributed by atoms with E-state index in [4.69, 9.17) is 0 Å². The van der Waals surface area contributed by atoms with Crippen molar-refractivity contribution in [2.45, 2.75) is 52.8 Å². The molecule has 0 aliphatic rings. The monoisotopic (exact) mass is 351 g/mol. The highest BCUT2D eigenvalue weighted by atomic mass is 19.4. The Morgan fingerprint density at radius 3 is 2.12 bits per heavy atom. The number of aryl methyl sites for hydroxylation is 2. The van der Waals surface area contributed by atoms with Gasteiger partial charge in [-0.2, -0.15) is 13.2 Å². The van der Waals surface area contributed by atoms with E-state index >= 15 is 0 Å². The molecule has 0 fully saturated rings. The molecule has 0 atom stereocenters. The van der Waals surface area contributed by atoms with Gasteiger partial charge in [-0.25, -0.2) is 0 Å². The minimum atomic E-state index is -4.26. The van der Waals surface area contributed by atoms with E-state index in [1.165, 1.54) is 29.7 Å². The van der Waals surface area contributed by atoms with Crippen LogP contribution in [0.4, 0.5) is 13.2 Å². The van der Waals surface area contributed by atoms with E-state index in [0.717, 1.165) is 37.1 Å². The van der Waals surface area contributed by atoms with Gasteiger partial charge in [0, 0.05) is 6.54 Å². The van der Waals surface area contributed by atoms with Gasteiger partial charge in [0.25, 0.3) is 0 Å². The van der Waals surface area contributed by atoms with Crippen LogP contribution >= 0.6 is 0 Å². The second kappa shape index (κ2) is 10.9. The van der Waals surface area contributed by atoms with Crippen LogP contribution in [0.5, 0.6) is 0 Å². The zero-order valence-corrected chi connectivity index (χ0v) is 15.3. The summed E-state index contributed by atoms with van der Waals surface area (Å²) in [7, 11) is 0. The van der Waals surface area contributed by atoms with Crippen LogP contribution in [0.25, 0.3) is 0 Å². The zero-order chi connectivity index (χ0) is 18.7. The average molecular weight is 351 g/mol. The lowest BCUT2D eigenvalue weighted by Crippen LogP contribution is -2.15. The molecule has 0 amide bonds. The van der Waals surface area contributed by atoms with Crippen molar-refractivity contribution in [1.29, 1.82) is 0 Å². The van der Waals surface area contributed by atoms with Crippen LogP contribution in [0.1, 0.15) is 48.9 Å². The van der Waals surface area contributed by atoms with Crippen LogP contribution in [0.3, 0.4) is 0 Å². The molecule has 0 aliphatic carbocycles. The maximum absolute atomic E-state index is 12.4. The summed E-state index contributed by atoms with van der Waals surface area (Å²) in [6, 6.07) is 13.7. The number of halogens is 3. The molecule has 2 aromatic carbocycles. The first-order chi connectivity index (χ1) is 11.9. The van der Waals surface area contributed by atoms with Crippen molar-refractivity contribution in [2.24, 2.45) is 0 Å². The first kappa shape index (κ1) is 21.2. The van der Waals surface area contributed by atoms with Gasteiger partial charge in [-0.3, -0.25) is 0 Å². The summed E-state index contributed by atoms with van der Waals surface area (Å²) >= 11 is 0. The minimum Gasteiger partial charge on any atom is -0.313 e. The fourth-order valence-electron chi connectivity index (χ4n) is 2.33. The first-order valence-corrected chi connectivity index (χ1v) is 8.79. The van der Waals surface area contributed by atoms with E-state index in [1.807, 2.05) is 0 Å². The number of hydrogen-bond acceptors (Lipinski definition) is 1. The largest absolute Gasteiger partial charge is 0.416 e. The number of alkyl halides is 3. The van der Waals surface area contributed by atoms with Gasteiger partial charge in [-0.1, -0.05) is 62.2 Å². The van der Waals surface area contributed by atoms with Crippen LogP contribution < -0.4 is 5.32 Å². The summed E-state index contributed by atoms with van der Waals surface area (Å²) in [6.07, 6.45) is -1.01. The van der Waals surface area contributed by atoms with Crippen LogP contribution in [0, 0.1) is 6.92 Å². The lowest BCUT2D eigenvalue weighted by molar-refractivity contribution is -0.137. The van der Waals surface area contributed by atoms with Gasteiger partial charge >= 0.3 is 6.18 Å². The van der Waals surface area contributed by atoms with Crippen molar-refractivity contribution in [3.05, 3.63) is 70.8 Å². The Labute approximate surface area is 149 Å². The zero-order valence-electron chi connectivity index (χ0n) is 15.3. The fourth-order valence-corrected chi connectivity index (χ4v) is 2.33. The predicted octanol–water partition coefficient (Wildman–Crippen LogP) is 6.15. The van der Waals surface area contributed by atoms with Gasteiger partial charge in [-0.05, 0) is 49.6 Å². The molecule has 0 saturated carbocycles. The molecule has 0 spiro atoms. The fraction of sp³-hybridized carbons (Fsp3) is 0.429. The number of benzene rings is 2. The highest BCUT2D eigenvalue weighted by Gasteiger charge is 2.29. The van der Waals surface area contributed by atoms with Crippen molar-refractivity contribution in [3.63, 3.8) is 0 Å². The molecule has 2 rings (SSSR count). The normalized spacial score (nSPS) is 11.0. The lowest BCUT2D eigenvalue weighted by Gasteiger charge is -2.08. The molecule has 2 aromatic rings. The Kier molecular flexibility index (Phi) is 9.28. The Hall–Kier alpha value is -1.81. The van der Waals surface area contributed by atoms with E-state index in [0.29, 0.717) is 6.54 Å². The van der Waals surface area contributed by atoms with E-state index in [2.05, 4.69) is 50.4 Å². The Bertz CT molecular complexity index is 603. The van der Waals surface area contributed by atoms with Gasteiger partial charge in [0.1, 0.15) is 0 Å². The maximum atomic E-state index is 12.4. The topological polar surface area (TPSA) is 12.0 Å². The highest BCUT2D eigenvalue weighted by molar-refractivity contribution is 5.24. The molecule has 1 nitrogen and oxygen atoms in total. The van der Waals surface area contributed by atoms with Crippen molar-refractivity contribution in [2.75, 3.05) is 6.54 Å². The lowest BCUT2D eigenvalue weighted by atomic mass is 10.1. The van der Waals surface area contributed by atoms with Crippen LogP contribution in [0.15, 0.2) is 48.5 Å². The molecule has 1 N–H and O–H groups in total. The Balaban J connectivity index is 0.000000970. The molecule has 0 aromatic heterocycles. The summed E-state index contributed by atoms with van der Waals surface area (Å²) in [5.41, 5.74) is 2.84. The van der Waals surface area contributed by atoms with Gasteiger partial charge in [-0.15, -0.1) is 0 Å². The minimum absolute atomic E-state index is 0.589. The van der Waals surface area contributed by atoms with Crippen molar-refractivity contribution in [1.82, 2.24) is 5.32 Å². The third-order valence-electron chi connectivity index (χ3n) is 3.51. The second-order valence-corrected chi connectivity index (χ2v) is 6.17. The van der Waals surface area contributed by atoms with Crippen molar-refractivity contribution < 1.29 is 13.2 Å². The highest BCUT2D eigenvalue weighted by Crippen LogP contribution is 2.29. The molecule has 0 aliphatic heterocycles. The number of rotatable bonds is 6. The molecule has 4 heteroatoms. The summed E-state index contributed by atoms with van der Waals surface area (Å²) in [6.45, 7) is 7.76. The molecule has 0 saturated heterocycles.